The fraction of sp³-hybridized carbons (Fsp3) is 0.0769. The largest absolute Gasteiger partial charge is 0.172 e. The van der Waals surface area contributed by atoms with Gasteiger partial charge in [0.25, 0.3) is 0 Å². The van der Waals surface area contributed by atoms with E-state index in [4.69, 9.17) is 4.94 Å². The lowest BCUT2D eigenvalue weighted by molar-refractivity contribution is -0.102. The standard InChI is InChI=1S/C26H25N2O/c1-2-28(25-19-11-5-12-20-25,26-21-13-6-14-22-26)29-27(23-15-7-3-8-16-23)24-17-9-4-10-18-24/h3-22H,2H2,1H3/q+1. The summed E-state index contributed by atoms with van der Waals surface area (Å²) < 4.78 is 0.242. The van der Waals surface area contributed by atoms with E-state index in [0.29, 0.717) is 0 Å². The minimum atomic E-state index is 0.242. The number of hydroxylamine groups is 1. The lowest BCUT2D eigenvalue weighted by Gasteiger charge is -2.37. The molecule has 0 unspecified atom stereocenters. The second-order valence-electron chi connectivity index (χ2n) is 6.77. The highest BCUT2D eigenvalue weighted by Crippen LogP contribution is 2.38. The van der Waals surface area contributed by atoms with Gasteiger partial charge in [0.05, 0.1) is 11.4 Å². The van der Waals surface area contributed by atoms with E-state index in [-0.39, 0.29) is 4.65 Å². The summed E-state index contributed by atoms with van der Waals surface area (Å²) in [6, 6.07) is 41.1. The highest BCUT2D eigenvalue weighted by molar-refractivity contribution is 5.62. The molecule has 3 heteroatoms. The van der Waals surface area contributed by atoms with Gasteiger partial charge < -0.3 is 0 Å². The van der Waals surface area contributed by atoms with Crippen LogP contribution in [0, 0.1) is 0 Å². The Morgan fingerprint density at radius 3 is 1.24 bits per heavy atom. The molecule has 144 valence electrons. The summed E-state index contributed by atoms with van der Waals surface area (Å²) in [6.07, 6.45) is 0. The van der Waals surface area contributed by atoms with Gasteiger partial charge >= 0.3 is 0 Å². The Morgan fingerprint density at radius 1 is 0.552 bits per heavy atom. The van der Waals surface area contributed by atoms with E-state index >= 15 is 0 Å². The Labute approximate surface area is 172 Å². The molecule has 0 radical (unpaired) electrons. The first kappa shape index (κ1) is 18.9. The Morgan fingerprint density at radius 2 is 0.897 bits per heavy atom. The predicted molar refractivity (Wildman–Crippen MR) is 121 cm³/mol. The number of para-hydroxylation sites is 4. The van der Waals surface area contributed by atoms with E-state index in [1.807, 2.05) is 53.6 Å². The number of rotatable bonds is 7. The van der Waals surface area contributed by atoms with E-state index in [0.717, 1.165) is 29.3 Å². The molecule has 0 aliphatic rings. The van der Waals surface area contributed by atoms with Gasteiger partial charge in [-0.2, -0.15) is 5.06 Å². The van der Waals surface area contributed by atoms with E-state index in [1.165, 1.54) is 0 Å². The molecule has 4 aromatic carbocycles. The van der Waals surface area contributed by atoms with Crippen molar-refractivity contribution in [2.45, 2.75) is 6.92 Å². The van der Waals surface area contributed by atoms with Gasteiger partial charge in [-0.3, -0.25) is 0 Å². The van der Waals surface area contributed by atoms with Crippen LogP contribution in [0.5, 0.6) is 0 Å². The third-order valence-corrected chi connectivity index (χ3v) is 4.99. The molecule has 0 fully saturated rings. The lowest BCUT2D eigenvalue weighted by atomic mass is 10.2. The third kappa shape index (κ3) is 3.92. The molecule has 0 atom stereocenters. The minimum Gasteiger partial charge on any atom is -0.169 e. The van der Waals surface area contributed by atoms with E-state index in [2.05, 4.69) is 79.7 Å². The lowest BCUT2D eigenvalue weighted by Crippen LogP contribution is -2.48. The number of hydrogen-bond acceptors (Lipinski definition) is 2. The molecular weight excluding hydrogens is 356 g/mol. The maximum atomic E-state index is 6.90. The molecule has 0 spiro atoms. The Balaban J connectivity index is 1.88. The van der Waals surface area contributed by atoms with Gasteiger partial charge in [0.15, 0.2) is 11.4 Å². The first-order valence-electron chi connectivity index (χ1n) is 9.93. The van der Waals surface area contributed by atoms with E-state index < -0.39 is 0 Å². The zero-order valence-corrected chi connectivity index (χ0v) is 16.6. The predicted octanol–water partition coefficient (Wildman–Crippen LogP) is 7.03. The first-order chi connectivity index (χ1) is 14.3. The van der Waals surface area contributed by atoms with E-state index in [9.17, 15) is 0 Å². The molecule has 0 bridgehead atoms. The van der Waals surface area contributed by atoms with Gasteiger partial charge in [0.1, 0.15) is 6.54 Å². The van der Waals surface area contributed by atoms with Gasteiger partial charge in [-0.15, -0.1) is 0 Å². The van der Waals surface area contributed by atoms with Gasteiger partial charge in [-0.05, 0) is 31.2 Å². The van der Waals surface area contributed by atoms with Crippen molar-refractivity contribution in [3.05, 3.63) is 121 Å². The molecule has 0 aliphatic heterocycles. The quantitative estimate of drug-likeness (QED) is 0.252. The maximum Gasteiger partial charge on any atom is 0.172 e. The van der Waals surface area contributed by atoms with Crippen LogP contribution in [0.1, 0.15) is 6.92 Å². The molecule has 4 aromatic rings. The Bertz CT molecular complexity index is 927. The normalized spacial score (nSPS) is 11.2. The molecular formula is C26H25N2O+. The summed E-state index contributed by atoms with van der Waals surface area (Å²) in [5.41, 5.74) is 4.08. The molecule has 0 saturated carbocycles. The van der Waals surface area contributed by atoms with Crippen molar-refractivity contribution in [3.8, 4) is 0 Å². The van der Waals surface area contributed by atoms with Crippen LogP contribution in [0.25, 0.3) is 0 Å². The van der Waals surface area contributed by atoms with Crippen molar-refractivity contribution in [1.29, 1.82) is 0 Å². The van der Waals surface area contributed by atoms with Crippen LogP contribution in [-0.4, -0.2) is 6.54 Å². The van der Waals surface area contributed by atoms with Crippen molar-refractivity contribution in [1.82, 2.24) is 4.65 Å². The number of nitrogens with zero attached hydrogens (tertiary/aromatic N) is 2. The molecule has 29 heavy (non-hydrogen) atoms. The Hall–Kier alpha value is -3.40. The van der Waals surface area contributed by atoms with Crippen molar-refractivity contribution < 1.29 is 4.94 Å². The first-order valence-corrected chi connectivity index (χ1v) is 9.93. The summed E-state index contributed by atoms with van der Waals surface area (Å²) in [4.78, 5) is 6.90. The van der Waals surface area contributed by atoms with E-state index in [1.54, 1.807) is 0 Å². The average Bonchev–Trinajstić information content (AvgIpc) is 2.82. The van der Waals surface area contributed by atoms with Crippen molar-refractivity contribution >= 4 is 22.7 Å². The summed E-state index contributed by atoms with van der Waals surface area (Å²) in [5, 5.41) is 1.92. The molecule has 3 nitrogen and oxygen atoms in total. The van der Waals surface area contributed by atoms with Gasteiger partial charge in [0, 0.05) is 24.3 Å². The zero-order valence-electron chi connectivity index (χ0n) is 16.6. The third-order valence-electron chi connectivity index (χ3n) is 4.99. The fourth-order valence-corrected chi connectivity index (χ4v) is 3.51. The van der Waals surface area contributed by atoms with Crippen molar-refractivity contribution in [2.24, 2.45) is 0 Å². The van der Waals surface area contributed by atoms with Crippen LogP contribution in [0.2, 0.25) is 0 Å². The zero-order chi connectivity index (χ0) is 19.9. The second-order valence-corrected chi connectivity index (χ2v) is 6.77. The molecule has 0 aromatic heterocycles. The molecule has 0 aliphatic carbocycles. The van der Waals surface area contributed by atoms with Crippen molar-refractivity contribution in [2.75, 3.05) is 11.6 Å². The van der Waals surface area contributed by atoms with Crippen LogP contribution >= 0.6 is 0 Å². The topological polar surface area (TPSA) is 12.5 Å². The highest BCUT2D eigenvalue weighted by Gasteiger charge is 2.38. The maximum absolute atomic E-state index is 6.90. The molecule has 0 saturated heterocycles. The minimum absolute atomic E-state index is 0.242. The highest BCUT2D eigenvalue weighted by atomic mass is 16.9. The van der Waals surface area contributed by atoms with Crippen LogP contribution < -0.4 is 9.71 Å². The summed E-state index contributed by atoms with van der Waals surface area (Å²) in [6.45, 7) is 2.87. The molecule has 0 amide bonds. The van der Waals surface area contributed by atoms with Crippen LogP contribution in [0.4, 0.5) is 22.7 Å². The van der Waals surface area contributed by atoms with Crippen LogP contribution in [0.15, 0.2) is 121 Å². The summed E-state index contributed by atoms with van der Waals surface area (Å²) in [7, 11) is 0. The van der Waals surface area contributed by atoms with Gasteiger partial charge in [-0.1, -0.05) is 82.4 Å². The summed E-state index contributed by atoms with van der Waals surface area (Å²) >= 11 is 0. The molecule has 0 N–H and O–H groups in total. The number of benzene rings is 4. The molecule has 4 rings (SSSR count). The average molecular weight is 381 g/mol. The smallest absolute Gasteiger partial charge is 0.169 e. The Kier molecular flexibility index (Phi) is 5.71. The number of hydrogen-bond donors (Lipinski definition) is 0. The van der Waals surface area contributed by atoms with Crippen LogP contribution in [0.3, 0.4) is 0 Å². The fourth-order valence-electron chi connectivity index (χ4n) is 3.51. The SMILES string of the molecule is CC[N+](ON(c1ccccc1)c1ccccc1)(c1ccccc1)c1ccccc1. The number of quaternary nitrogens is 1. The van der Waals surface area contributed by atoms with Crippen LogP contribution in [-0.2, 0) is 4.94 Å². The van der Waals surface area contributed by atoms with Gasteiger partial charge in [-0.25, -0.2) is 0 Å². The second kappa shape index (κ2) is 8.74. The van der Waals surface area contributed by atoms with Crippen molar-refractivity contribution in [3.63, 3.8) is 0 Å². The number of anilines is 2. The van der Waals surface area contributed by atoms with Gasteiger partial charge in [0.2, 0.25) is 0 Å². The molecule has 0 heterocycles. The summed E-state index contributed by atoms with van der Waals surface area (Å²) in [5.74, 6) is 0. The monoisotopic (exact) mass is 381 g/mol.